The van der Waals surface area contributed by atoms with Crippen molar-refractivity contribution in [1.82, 2.24) is 5.50 Å². The van der Waals surface area contributed by atoms with Gasteiger partial charge < -0.3 is 9.63 Å². The van der Waals surface area contributed by atoms with Gasteiger partial charge in [-0.05, 0) is 18.4 Å². The second-order valence-electron chi connectivity index (χ2n) is 3.62. The van der Waals surface area contributed by atoms with Gasteiger partial charge in [-0.25, -0.2) is 4.57 Å². The highest BCUT2D eigenvalue weighted by Gasteiger charge is 2.13. The van der Waals surface area contributed by atoms with Crippen LogP contribution in [0.25, 0.3) is 0 Å². The van der Waals surface area contributed by atoms with Crippen LogP contribution in [-0.4, -0.2) is 17.7 Å². The number of benzene rings is 1. The van der Waals surface area contributed by atoms with Crippen molar-refractivity contribution in [3.63, 3.8) is 0 Å². The fraction of sp³-hybridized carbons (Fsp3) is 0.364. The van der Waals surface area contributed by atoms with Crippen molar-refractivity contribution in [2.75, 3.05) is 6.79 Å². The average molecular weight is 272 g/mol. The second-order valence-corrected chi connectivity index (χ2v) is 4.92. The van der Waals surface area contributed by atoms with E-state index >= 15 is 0 Å². The topological polar surface area (TPSA) is 96.6 Å². The van der Waals surface area contributed by atoms with Crippen LogP contribution < -0.4 is 5.50 Å². The Kier molecular flexibility index (Phi) is 6.01. The van der Waals surface area contributed by atoms with Crippen molar-refractivity contribution < 1.29 is 23.5 Å². The normalized spacial score (nSPS) is 13.9. The van der Waals surface area contributed by atoms with Gasteiger partial charge in [0.05, 0.1) is 0 Å². The summed E-state index contributed by atoms with van der Waals surface area (Å²) in [7, 11) is -4.32. The molecule has 0 bridgehead atoms. The predicted octanol–water partition coefficient (Wildman–Crippen LogP) is 1.91. The van der Waals surface area contributed by atoms with E-state index < -0.39 is 20.5 Å². The molecular formula is C11H15NO5P. The SMILES string of the molecule is [NH]P(=O)(O)OCOC(=O)CCCc1ccccc1. The van der Waals surface area contributed by atoms with Gasteiger partial charge in [0.25, 0.3) is 0 Å². The Labute approximate surface area is 105 Å². The monoisotopic (exact) mass is 272 g/mol. The molecular weight excluding hydrogens is 257 g/mol. The van der Waals surface area contributed by atoms with Gasteiger partial charge >= 0.3 is 13.7 Å². The molecule has 18 heavy (non-hydrogen) atoms. The highest BCUT2D eigenvalue weighted by atomic mass is 31.2. The first kappa shape index (κ1) is 14.9. The van der Waals surface area contributed by atoms with Gasteiger partial charge in [0, 0.05) is 6.42 Å². The molecule has 0 aliphatic carbocycles. The molecule has 1 aromatic rings. The third kappa shape index (κ3) is 7.19. The molecule has 0 aliphatic heterocycles. The lowest BCUT2D eigenvalue weighted by Gasteiger charge is -2.06. The van der Waals surface area contributed by atoms with Crippen LogP contribution in [0, 0.1) is 0 Å². The van der Waals surface area contributed by atoms with Crippen LogP contribution in [0.4, 0.5) is 0 Å². The maximum atomic E-state index is 11.2. The van der Waals surface area contributed by atoms with E-state index in [-0.39, 0.29) is 6.42 Å². The summed E-state index contributed by atoms with van der Waals surface area (Å²) in [5.41, 5.74) is 7.66. The van der Waals surface area contributed by atoms with Crippen molar-refractivity contribution in [1.29, 1.82) is 0 Å². The van der Waals surface area contributed by atoms with E-state index in [4.69, 9.17) is 10.4 Å². The zero-order chi connectivity index (χ0) is 13.4. The number of rotatable bonds is 7. The Morgan fingerprint density at radius 2 is 2.00 bits per heavy atom. The highest BCUT2D eigenvalue weighted by Crippen LogP contribution is 2.33. The fourth-order valence-electron chi connectivity index (χ4n) is 1.32. The first-order valence-electron chi connectivity index (χ1n) is 5.39. The van der Waals surface area contributed by atoms with Gasteiger partial charge in [-0.2, -0.15) is 0 Å². The molecule has 7 heteroatoms. The number of esters is 1. The molecule has 1 unspecified atom stereocenters. The number of carbonyl (C=O) groups is 1. The van der Waals surface area contributed by atoms with Gasteiger partial charge in [0.1, 0.15) is 0 Å². The number of ether oxygens (including phenoxy) is 1. The maximum Gasteiger partial charge on any atom is 0.419 e. The summed E-state index contributed by atoms with van der Waals surface area (Å²) in [6, 6.07) is 9.71. The lowest BCUT2D eigenvalue weighted by molar-refractivity contribution is -0.150. The Morgan fingerprint density at radius 3 is 2.61 bits per heavy atom. The summed E-state index contributed by atoms with van der Waals surface area (Å²) < 4.78 is 19.0. The van der Waals surface area contributed by atoms with Crippen LogP contribution in [0.15, 0.2) is 30.3 Å². The standard InChI is InChI=1S/C11H15NO5P/c12-18(14,15)17-9-16-11(13)8-4-7-10-5-2-1-3-6-10/h1-3,5-6,12H,4,7-9H2,(H,14,15). The zero-order valence-electron chi connectivity index (χ0n) is 9.74. The molecule has 6 nitrogen and oxygen atoms in total. The molecule has 1 rings (SSSR count). The first-order valence-corrected chi connectivity index (χ1v) is 6.97. The molecule has 0 aliphatic rings. The number of nitrogens with one attached hydrogen (secondary N) is 1. The summed E-state index contributed by atoms with van der Waals surface area (Å²) in [5.74, 6) is -0.514. The number of carbonyl (C=O) groups excluding carboxylic acids is 1. The number of aryl methyl sites for hydroxylation is 1. The lowest BCUT2D eigenvalue weighted by Crippen LogP contribution is -2.08. The van der Waals surface area contributed by atoms with Crippen molar-refractivity contribution in [3.05, 3.63) is 35.9 Å². The minimum atomic E-state index is -4.32. The highest BCUT2D eigenvalue weighted by molar-refractivity contribution is 7.49. The van der Waals surface area contributed by atoms with Crippen LogP contribution in [0.3, 0.4) is 0 Å². The molecule has 0 amide bonds. The van der Waals surface area contributed by atoms with Crippen molar-refractivity contribution in [3.8, 4) is 0 Å². The Balaban J connectivity index is 2.12. The van der Waals surface area contributed by atoms with E-state index in [0.717, 1.165) is 12.0 Å². The largest absolute Gasteiger partial charge is 0.438 e. The zero-order valence-corrected chi connectivity index (χ0v) is 10.6. The van der Waals surface area contributed by atoms with Crippen molar-refractivity contribution in [2.24, 2.45) is 0 Å². The van der Waals surface area contributed by atoms with E-state index in [1.165, 1.54) is 0 Å². The Bertz CT molecular complexity index is 417. The van der Waals surface area contributed by atoms with Crippen molar-refractivity contribution in [2.45, 2.75) is 19.3 Å². The van der Waals surface area contributed by atoms with E-state index in [0.29, 0.717) is 6.42 Å². The Hall–Kier alpha value is -1.20. The van der Waals surface area contributed by atoms with E-state index in [2.05, 4.69) is 9.26 Å². The maximum absolute atomic E-state index is 11.2. The molecule has 2 N–H and O–H groups in total. The molecule has 0 saturated heterocycles. The fourth-order valence-corrected chi connectivity index (χ4v) is 1.51. The minimum absolute atomic E-state index is 0.200. The minimum Gasteiger partial charge on any atom is -0.438 e. The van der Waals surface area contributed by atoms with Gasteiger partial charge in [-0.1, -0.05) is 30.3 Å². The third-order valence-electron chi connectivity index (χ3n) is 2.14. The molecule has 0 heterocycles. The molecule has 0 saturated carbocycles. The average Bonchev–Trinajstić information content (AvgIpc) is 2.28. The second kappa shape index (κ2) is 7.28. The molecule has 0 aromatic heterocycles. The molecule has 1 radical (unpaired) electrons. The third-order valence-corrected chi connectivity index (χ3v) is 2.59. The number of hydrogen-bond donors (Lipinski definition) is 1. The van der Waals surface area contributed by atoms with Gasteiger partial charge in [-0.15, -0.1) is 5.50 Å². The molecule has 0 fully saturated rings. The van der Waals surface area contributed by atoms with Crippen molar-refractivity contribution >= 4 is 13.7 Å². The van der Waals surface area contributed by atoms with E-state index in [1.807, 2.05) is 30.3 Å². The molecule has 1 atom stereocenters. The first-order chi connectivity index (χ1) is 8.47. The van der Waals surface area contributed by atoms with Gasteiger partial charge in [-0.3, -0.25) is 9.32 Å². The summed E-state index contributed by atoms with van der Waals surface area (Å²) in [6.07, 6.45) is 1.58. The lowest BCUT2D eigenvalue weighted by atomic mass is 10.1. The number of hydrogen-bond acceptors (Lipinski definition) is 4. The van der Waals surface area contributed by atoms with Crippen LogP contribution in [0.5, 0.6) is 0 Å². The molecule has 99 valence electrons. The van der Waals surface area contributed by atoms with E-state index in [9.17, 15) is 9.36 Å². The van der Waals surface area contributed by atoms with Crippen LogP contribution >= 0.6 is 7.75 Å². The Morgan fingerprint density at radius 1 is 1.33 bits per heavy atom. The van der Waals surface area contributed by atoms with Gasteiger partial charge in [0.15, 0.2) is 0 Å². The van der Waals surface area contributed by atoms with E-state index in [1.54, 1.807) is 0 Å². The van der Waals surface area contributed by atoms with Crippen LogP contribution in [0.1, 0.15) is 18.4 Å². The molecule has 0 spiro atoms. The molecule has 1 aromatic carbocycles. The summed E-state index contributed by atoms with van der Waals surface area (Å²) >= 11 is 0. The smallest absolute Gasteiger partial charge is 0.419 e. The predicted molar refractivity (Wildman–Crippen MR) is 64.3 cm³/mol. The summed E-state index contributed by atoms with van der Waals surface area (Å²) in [6.45, 7) is -0.665. The quantitative estimate of drug-likeness (QED) is 0.464. The van der Waals surface area contributed by atoms with Gasteiger partial charge in [0.2, 0.25) is 6.79 Å². The summed E-state index contributed by atoms with van der Waals surface area (Å²) in [4.78, 5) is 19.6. The van der Waals surface area contributed by atoms with Crippen LogP contribution in [0.2, 0.25) is 0 Å². The van der Waals surface area contributed by atoms with Crippen LogP contribution in [-0.2, 0) is 25.0 Å². The summed E-state index contributed by atoms with van der Waals surface area (Å²) in [5, 5.41) is 0.